The van der Waals surface area contributed by atoms with Gasteiger partial charge in [-0.25, -0.2) is 0 Å². The molecule has 1 saturated carbocycles. The fraction of sp³-hybridized carbons (Fsp3) is 0.533. The third kappa shape index (κ3) is 4.51. The second-order valence-corrected chi connectivity index (χ2v) is 6.86. The number of nitrogens with one attached hydrogen (secondary N) is 1. The van der Waals surface area contributed by atoms with Crippen molar-refractivity contribution in [3.63, 3.8) is 0 Å². The molecule has 3 rings (SSSR count). The number of anilines is 1. The standard InChI is InChI=1S/C15H20BrN3O.2ClH/c16-12-2-1-3-13(8-12)19-7-4-11(10-19)9-18-14(20)15(17)5-6-15;;/h1-3,8,11H,4-7,9-10,17H2,(H,18,20);2*1H. The van der Waals surface area contributed by atoms with Crippen LogP contribution >= 0.6 is 40.7 Å². The van der Waals surface area contributed by atoms with Crippen LogP contribution in [0.15, 0.2) is 28.7 Å². The van der Waals surface area contributed by atoms with Crippen LogP contribution in [0.1, 0.15) is 19.3 Å². The van der Waals surface area contributed by atoms with Gasteiger partial charge in [-0.05, 0) is 43.4 Å². The van der Waals surface area contributed by atoms with Gasteiger partial charge in [0, 0.05) is 29.8 Å². The van der Waals surface area contributed by atoms with Crippen molar-refractivity contribution in [3.05, 3.63) is 28.7 Å². The summed E-state index contributed by atoms with van der Waals surface area (Å²) < 4.78 is 1.10. The summed E-state index contributed by atoms with van der Waals surface area (Å²) in [7, 11) is 0. The molecular formula is C15H22BrCl2N3O. The van der Waals surface area contributed by atoms with E-state index in [4.69, 9.17) is 5.73 Å². The molecule has 3 N–H and O–H groups in total. The van der Waals surface area contributed by atoms with Crippen LogP contribution in [0.3, 0.4) is 0 Å². The number of hydrogen-bond donors (Lipinski definition) is 2. The van der Waals surface area contributed by atoms with Crippen molar-refractivity contribution in [2.75, 3.05) is 24.5 Å². The van der Waals surface area contributed by atoms with E-state index in [0.717, 1.165) is 43.4 Å². The third-order valence-electron chi connectivity index (χ3n) is 4.25. The van der Waals surface area contributed by atoms with Gasteiger partial charge in [0.1, 0.15) is 0 Å². The van der Waals surface area contributed by atoms with Gasteiger partial charge in [0.25, 0.3) is 0 Å². The molecule has 0 radical (unpaired) electrons. The maximum Gasteiger partial charge on any atom is 0.240 e. The van der Waals surface area contributed by atoms with Gasteiger partial charge in [-0.15, -0.1) is 24.8 Å². The van der Waals surface area contributed by atoms with Crippen molar-refractivity contribution in [1.82, 2.24) is 5.32 Å². The van der Waals surface area contributed by atoms with Gasteiger partial charge in [0.05, 0.1) is 5.54 Å². The molecule has 1 amide bonds. The zero-order chi connectivity index (χ0) is 14.2. The molecule has 1 aliphatic heterocycles. The van der Waals surface area contributed by atoms with Crippen LogP contribution in [-0.4, -0.2) is 31.1 Å². The first-order valence-corrected chi connectivity index (χ1v) is 7.94. The number of halogens is 3. The topological polar surface area (TPSA) is 58.4 Å². The molecule has 1 aromatic carbocycles. The molecule has 0 spiro atoms. The lowest BCUT2D eigenvalue weighted by Gasteiger charge is -2.19. The Morgan fingerprint density at radius 1 is 1.41 bits per heavy atom. The van der Waals surface area contributed by atoms with Crippen LogP contribution in [0.25, 0.3) is 0 Å². The smallest absolute Gasteiger partial charge is 0.240 e. The molecule has 124 valence electrons. The highest BCUT2D eigenvalue weighted by molar-refractivity contribution is 9.10. The summed E-state index contributed by atoms with van der Waals surface area (Å²) >= 11 is 3.51. The van der Waals surface area contributed by atoms with Crippen molar-refractivity contribution in [3.8, 4) is 0 Å². The van der Waals surface area contributed by atoms with Crippen molar-refractivity contribution in [2.24, 2.45) is 11.7 Å². The van der Waals surface area contributed by atoms with E-state index in [1.165, 1.54) is 5.69 Å². The van der Waals surface area contributed by atoms with Gasteiger partial charge in [-0.1, -0.05) is 22.0 Å². The minimum atomic E-state index is -0.553. The van der Waals surface area contributed by atoms with Gasteiger partial charge < -0.3 is 16.0 Å². The van der Waals surface area contributed by atoms with Gasteiger partial charge >= 0.3 is 0 Å². The molecule has 1 aromatic rings. The fourth-order valence-electron chi connectivity index (χ4n) is 2.68. The molecule has 4 nitrogen and oxygen atoms in total. The summed E-state index contributed by atoms with van der Waals surface area (Å²) in [6.45, 7) is 2.78. The van der Waals surface area contributed by atoms with Crippen LogP contribution in [-0.2, 0) is 4.79 Å². The van der Waals surface area contributed by atoms with Gasteiger partial charge in [-0.2, -0.15) is 0 Å². The monoisotopic (exact) mass is 409 g/mol. The molecule has 0 bridgehead atoms. The lowest BCUT2D eigenvalue weighted by Crippen LogP contribution is -2.44. The summed E-state index contributed by atoms with van der Waals surface area (Å²) in [4.78, 5) is 14.2. The number of carbonyl (C=O) groups is 1. The van der Waals surface area contributed by atoms with Crippen molar-refractivity contribution in [1.29, 1.82) is 0 Å². The van der Waals surface area contributed by atoms with E-state index in [-0.39, 0.29) is 30.7 Å². The number of nitrogens with two attached hydrogens (primary N) is 1. The van der Waals surface area contributed by atoms with E-state index >= 15 is 0 Å². The summed E-state index contributed by atoms with van der Waals surface area (Å²) in [5.41, 5.74) is 6.57. The molecule has 2 fully saturated rings. The lowest BCUT2D eigenvalue weighted by atomic mass is 10.1. The highest BCUT2D eigenvalue weighted by Crippen LogP contribution is 2.32. The summed E-state index contributed by atoms with van der Waals surface area (Å²) in [6.07, 6.45) is 2.77. The maximum absolute atomic E-state index is 11.8. The molecule has 2 aliphatic rings. The second kappa shape index (κ2) is 7.86. The Balaban J connectivity index is 0.00000121. The van der Waals surface area contributed by atoms with Gasteiger partial charge in [0.2, 0.25) is 5.91 Å². The summed E-state index contributed by atoms with van der Waals surface area (Å²) in [6, 6.07) is 8.36. The minimum Gasteiger partial charge on any atom is -0.371 e. The molecule has 0 aromatic heterocycles. The van der Waals surface area contributed by atoms with Gasteiger partial charge in [0.15, 0.2) is 0 Å². The Morgan fingerprint density at radius 3 is 2.77 bits per heavy atom. The SMILES string of the molecule is Cl.Cl.NC1(C(=O)NCC2CCN(c3cccc(Br)c3)C2)CC1. The Morgan fingerprint density at radius 2 is 2.14 bits per heavy atom. The number of nitrogens with zero attached hydrogens (tertiary/aromatic N) is 1. The van der Waals surface area contributed by atoms with Crippen LogP contribution in [0.2, 0.25) is 0 Å². The Kier molecular flexibility index (Phi) is 6.99. The quantitative estimate of drug-likeness (QED) is 0.802. The first-order chi connectivity index (χ1) is 9.57. The molecule has 1 unspecified atom stereocenters. The zero-order valence-corrected chi connectivity index (χ0v) is 15.5. The molecule has 1 atom stereocenters. The van der Waals surface area contributed by atoms with E-state index in [0.29, 0.717) is 5.92 Å². The van der Waals surface area contributed by atoms with Crippen molar-refractivity contribution < 1.29 is 4.79 Å². The van der Waals surface area contributed by atoms with Gasteiger partial charge in [-0.3, -0.25) is 4.79 Å². The van der Waals surface area contributed by atoms with Crippen LogP contribution in [0, 0.1) is 5.92 Å². The predicted molar refractivity (Wildman–Crippen MR) is 98.1 cm³/mol. The first-order valence-electron chi connectivity index (χ1n) is 7.14. The number of amides is 1. The first kappa shape index (κ1) is 19.6. The van der Waals surface area contributed by atoms with E-state index in [9.17, 15) is 4.79 Å². The van der Waals surface area contributed by atoms with E-state index in [1.54, 1.807) is 0 Å². The van der Waals surface area contributed by atoms with Crippen molar-refractivity contribution >= 4 is 52.3 Å². The van der Waals surface area contributed by atoms with E-state index < -0.39 is 5.54 Å². The second-order valence-electron chi connectivity index (χ2n) is 5.95. The number of benzene rings is 1. The van der Waals surface area contributed by atoms with Crippen LogP contribution in [0.4, 0.5) is 5.69 Å². The molecular weight excluding hydrogens is 389 g/mol. The predicted octanol–water partition coefficient (Wildman–Crippen LogP) is 2.73. The minimum absolute atomic E-state index is 0. The molecule has 1 heterocycles. The molecule has 1 aliphatic carbocycles. The van der Waals surface area contributed by atoms with E-state index in [1.807, 2.05) is 6.07 Å². The highest BCUT2D eigenvalue weighted by Gasteiger charge is 2.45. The zero-order valence-electron chi connectivity index (χ0n) is 12.3. The molecule has 7 heteroatoms. The Bertz CT molecular complexity index is 525. The number of rotatable bonds is 4. The Labute approximate surface area is 152 Å². The number of carbonyl (C=O) groups excluding carboxylic acids is 1. The fourth-order valence-corrected chi connectivity index (χ4v) is 3.07. The Hall–Kier alpha value is -0.490. The van der Waals surface area contributed by atoms with Crippen LogP contribution in [0.5, 0.6) is 0 Å². The lowest BCUT2D eigenvalue weighted by molar-refractivity contribution is -0.123. The van der Waals surface area contributed by atoms with Crippen molar-refractivity contribution in [2.45, 2.75) is 24.8 Å². The summed E-state index contributed by atoms with van der Waals surface area (Å²) in [5.74, 6) is 0.540. The average Bonchev–Trinajstić information content (AvgIpc) is 3.02. The number of hydrogen-bond acceptors (Lipinski definition) is 3. The van der Waals surface area contributed by atoms with Crippen LogP contribution < -0.4 is 16.0 Å². The highest BCUT2D eigenvalue weighted by atomic mass is 79.9. The van der Waals surface area contributed by atoms with E-state index in [2.05, 4.69) is 44.3 Å². The molecule has 22 heavy (non-hydrogen) atoms. The average molecular weight is 411 g/mol. The third-order valence-corrected chi connectivity index (χ3v) is 4.74. The normalized spacial score (nSPS) is 21.5. The maximum atomic E-state index is 11.8. The summed E-state index contributed by atoms with van der Waals surface area (Å²) in [5, 5.41) is 3.01. The largest absolute Gasteiger partial charge is 0.371 e. The molecule has 1 saturated heterocycles.